The van der Waals surface area contributed by atoms with Crippen molar-refractivity contribution >= 4 is 0 Å². The molecular formula is C16H20FN3. The molecule has 1 aliphatic carbocycles. The molecule has 0 amide bonds. The van der Waals surface area contributed by atoms with Gasteiger partial charge in [0.05, 0.1) is 12.4 Å². The van der Waals surface area contributed by atoms with Crippen molar-refractivity contribution in [3.63, 3.8) is 0 Å². The largest absolute Gasteiger partial charge is 0.284 e. The molecule has 0 N–H and O–H groups in total. The first-order valence-electron chi connectivity index (χ1n) is 7.26. The Kier molecular flexibility index (Phi) is 3.83. The Morgan fingerprint density at radius 2 is 2.00 bits per heavy atom. The van der Waals surface area contributed by atoms with Crippen molar-refractivity contribution in [2.45, 2.75) is 26.4 Å². The van der Waals surface area contributed by atoms with Gasteiger partial charge in [-0.3, -0.25) is 9.58 Å². The normalized spacial score (nSPS) is 14.9. The zero-order valence-corrected chi connectivity index (χ0v) is 11.8. The summed E-state index contributed by atoms with van der Waals surface area (Å²) in [4.78, 5) is 2.42. The lowest BCUT2D eigenvalue weighted by Gasteiger charge is -2.19. The van der Waals surface area contributed by atoms with Gasteiger partial charge in [-0.15, -0.1) is 0 Å². The number of rotatable bonds is 6. The molecule has 0 spiro atoms. The molecule has 2 aromatic rings. The third-order valence-electron chi connectivity index (χ3n) is 3.79. The zero-order valence-electron chi connectivity index (χ0n) is 11.8. The van der Waals surface area contributed by atoms with Crippen LogP contribution in [-0.2, 0) is 6.67 Å². The number of aromatic nitrogens is 2. The minimum absolute atomic E-state index is 0.213. The summed E-state index contributed by atoms with van der Waals surface area (Å²) in [5.74, 6) is 0.678. The van der Waals surface area contributed by atoms with Gasteiger partial charge in [0.1, 0.15) is 5.82 Å². The third-order valence-corrected chi connectivity index (χ3v) is 3.79. The van der Waals surface area contributed by atoms with Gasteiger partial charge in [0.15, 0.2) is 0 Å². The molecule has 4 heteroatoms. The highest BCUT2D eigenvalue weighted by atomic mass is 19.1. The number of nitrogens with zero attached hydrogens (tertiary/aromatic N) is 3. The first-order chi connectivity index (χ1) is 9.74. The molecule has 1 aliphatic rings. The van der Waals surface area contributed by atoms with E-state index in [1.165, 1.54) is 31.5 Å². The molecule has 20 heavy (non-hydrogen) atoms. The Hall–Kier alpha value is -1.68. The van der Waals surface area contributed by atoms with E-state index in [4.69, 9.17) is 0 Å². The first kappa shape index (κ1) is 13.3. The predicted octanol–water partition coefficient (Wildman–Crippen LogP) is 3.38. The number of halogens is 1. The van der Waals surface area contributed by atoms with Crippen LogP contribution in [0.1, 0.15) is 19.8 Å². The zero-order chi connectivity index (χ0) is 13.9. The first-order valence-corrected chi connectivity index (χ1v) is 7.26. The van der Waals surface area contributed by atoms with E-state index in [1.54, 1.807) is 12.1 Å². The molecule has 1 heterocycles. The van der Waals surface area contributed by atoms with E-state index in [-0.39, 0.29) is 5.82 Å². The lowest BCUT2D eigenvalue weighted by Crippen LogP contribution is -2.28. The van der Waals surface area contributed by atoms with Gasteiger partial charge in [0.2, 0.25) is 0 Å². The van der Waals surface area contributed by atoms with Crippen LogP contribution in [-0.4, -0.2) is 27.8 Å². The van der Waals surface area contributed by atoms with Crippen LogP contribution in [0.3, 0.4) is 0 Å². The van der Waals surface area contributed by atoms with Gasteiger partial charge in [-0.1, -0.05) is 6.92 Å². The average molecular weight is 273 g/mol. The van der Waals surface area contributed by atoms with Crippen LogP contribution < -0.4 is 0 Å². The van der Waals surface area contributed by atoms with Gasteiger partial charge in [-0.25, -0.2) is 4.39 Å². The summed E-state index contributed by atoms with van der Waals surface area (Å²) in [6.45, 7) is 5.23. The molecule has 106 valence electrons. The summed E-state index contributed by atoms with van der Waals surface area (Å²) in [7, 11) is 0. The molecule has 1 fully saturated rings. The molecule has 1 aromatic heterocycles. The fraction of sp³-hybridized carbons (Fsp3) is 0.438. The fourth-order valence-electron chi connectivity index (χ4n) is 2.37. The van der Waals surface area contributed by atoms with Crippen LogP contribution in [0.2, 0.25) is 0 Å². The van der Waals surface area contributed by atoms with Crippen molar-refractivity contribution in [1.29, 1.82) is 0 Å². The van der Waals surface area contributed by atoms with Crippen molar-refractivity contribution in [1.82, 2.24) is 14.7 Å². The standard InChI is InChI=1S/C16H20FN3/c1-2-19(11-13-3-4-13)12-20-10-9-16(18-20)14-5-7-15(17)8-6-14/h5-10,13H,2-4,11-12H2,1H3. The maximum atomic E-state index is 12.9. The van der Waals surface area contributed by atoms with Gasteiger partial charge in [-0.05, 0) is 55.6 Å². The molecule has 3 nitrogen and oxygen atoms in total. The van der Waals surface area contributed by atoms with Gasteiger partial charge in [-0.2, -0.15) is 5.10 Å². The number of benzene rings is 1. The summed E-state index contributed by atoms with van der Waals surface area (Å²) in [6, 6.07) is 8.46. The van der Waals surface area contributed by atoms with E-state index in [0.29, 0.717) is 0 Å². The highest BCUT2D eigenvalue weighted by Gasteiger charge is 2.23. The summed E-state index contributed by atoms with van der Waals surface area (Å²) in [5, 5.41) is 4.58. The van der Waals surface area contributed by atoms with Crippen LogP contribution in [0.5, 0.6) is 0 Å². The molecule has 0 atom stereocenters. The van der Waals surface area contributed by atoms with Crippen molar-refractivity contribution < 1.29 is 4.39 Å². The van der Waals surface area contributed by atoms with Gasteiger partial charge in [0, 0.05) is 18.3 Å². The molecule has 0 bridgehead atoms. The second kappa shape index (κ2) is 5.75. The molecule has 0 radical (unpaired) electrons. The summed E-state index contributed by atoms with van der Waals surface area (Å²) >= 11 is 0. The lowest BCUT2D eigenvalue weighted by molar-refractivity contribution is 0.209. The van der Waals surface area contributed by atoms with Crippen molar-refractivity contribution in [2.24, 2.45) is 5.92 Å². The van der Waals surface area contributed by atoms with Gasteiger partial charge < -0.3 is 0 Å². The van der Waals surface area contributed by atoms with Crippen LogP contribution >= 0.6 is 0 Å². The maximum Gasteiger partial charge on any atom is 0.123 e. The smallest absolute Gasteiger partial charge is 0.123 e. The second-order valence-corrected chi connectivity index (χ2v) is 5.50. The molecule has 0 aliphatic heterocycles. The Morgan fingerprint density at radius 3 is 2.65 bits per heavy atom. The van der Waals surface area contributed by atoms with Crippen molar-refractivity contribution in [2.75, 3.05) is 13.1 Å². The van der Waals surface area contributed by atoms with Crippen LogP contribution in [0.15, 0.2) is 36.5 Å². The Labute approximate surface area is 119 Å². The van der Waals surface area contributed by atoms with Crippen LogP contribution in [0.25, 0.3) is 11.3 Å². The minimum Gasteiger partial charge on any atom is -0.284 e. The summed E-state index contributed by atoms with van der Waals surface area (Å²) < 4.78 is 14.9. The van der Waals surface area contributed by atoms with E-state index in [0.717, 1.165) is 30.4 Å². The van der Waals surface area contributed by atoms with Crippen LogP contribution in [0, 0.1) is 11.7 Å². The maximum absolute atomic E-state index is 12.9. The SMILES string of the molecule is CCN(CC1CC1)Cn1ccc(-c2ccc(F)cc2)n1. The number of hydrogen-bond acceptors (Lipinski definition) is 2. The predicted molar refractivity (Wildman–Crippen MR) is 77.6 cm³/mol. The highest BCUT2D eigenvalue weighted by molar-refractivity contribution is 5.58. The Balaban J connectivity index is 1.67. The van der Waals surface area contributed by atoms with E-state index >= 15 is 0 Å². The second-order valence-electron chi connectivity index (χ2n) is 5.50. The van der Waals surface area contributed by atoms with Gasteiger partial charge in [0.25, 0.3) is 0 Å². The molecule has 3 rings (SSSR count). The van der Waals surface area contributed by atoms with Crippen molar-refractivity contribution in [3.05, 3.63) is 42.3 Å². The van der Waals surface area contributed by atoms with Gasteiger partial charge >= 0.3 is 0 Å². The average Bonchev–Trinajstić information content (AvgIpc) is 3.15. The van der Waals surface area contributed by atoms with E-state index in [2.05, 4.69) is 16.9 Å². The van der Waals surface area contributed by atoms with E-state index in [1.807, 2.05) is 16.9 Å². The highest BCUT2D eigenvalue weighted by Crippen LogP contribution is 2.29. The van der Waals surface area contributed by atoms with E-state index < -0.39 is 0 Å². The molecule has 0 unspecified atom stereocenters. The molecule has 1 aromatic carbocycles. The van der Waals surface area contributed by atoms with E-state index in [9.17, 15) is 4.39 Å². The lowest BCUT2D eigenvalue weighted by atomic mass is 10.1. The number of hydrogen-bond donors (Lipinski definition) is 0. The topological polar surface area (TPSA) is 21.1 Å². The summed E-state index contributed by atoms with van der Waals surface area (Å²) in [5.41, 5.74) is 1.85. The van der Waals surface area contributed by atoms with Crippen LogP contribution in [0.4, 0.5) is 4.39 Å². The minimum atomic E-state index is -0.213. The Bertz CT molecular complexity index is 557. The summed E-state index contributed by atoms with van der Waals surface area (Å²) in [6.07, 6.45) is 4.74. The quantitative estimate of drug-likeness (QED) is 0.804. The molecule has 0 saturated heterocycles. The Morgan fingerprint density at radius 1 is 1.25 bits per heavy atom. The molecule has 1 saturated carbocycles. The fourth-order valence-corrected chi connectivity index (χ4v) is 2.37. The molecular weight excluding hydrogens is 253 g/mol. The monoisotopic (exact) mass is 273 g/mol. The van der Waals surface area contributed by atoms with Crippen molar-refractivity contribution in [3.8, 4) is 11.3 Å². The third kappa shape index (κ3) is 3.25.